The molecule has 0 aliphatic carbocycles. The van der Waals surface area contributed by atoms with Crippen molar-refractivity contribution in [3.63, 3.8) is 0 Å². The minimum Gasteiger partial charge on any atom is -0.367 e. The van der Waals surface area contributed by atoms with Crippen LogP contribution in [0.1, 0.15) is 25.3 Å². The number of piperidine rings is 1. The highest BCUT2D eigenvalue weighted by molar-refractivity contribution is 5.78. The van der Waals surface area contributed by atoms with Crippen molar-refractivity contribution in [2.45, 2.75) is 38.5 Å². The lowest BCUT2D eigenvalue weighted by Crippen LogP contribution is -2.64. The summed E-state index contributed by atoms with van der Waals surface area (Å²) in [6, 6.07) is 11.2. The van der Waals surface area contributed by atoms with Gasteiger partial charge in [-0.05, 0) is 45.1 Å². The first-order chi connectivity index (χ1) is 12.2. The van der Waals surface area contributed by atoms with Crippen molar-refractivity contribution in [2.24, 2.45) is 0 Å². The molecule has 0 aromatic heterocycles. The predicted octanol–water partition coefficient (Wildman–Crippen LogP) is 1.83. The number of likely N-dealkylation sites (tertiary alicyclic amines) is 2. The second kappa shape index (κ2) is 8.79. The number of benzene rings is 1. The van der Waals surface area contributed by atoms with Gasteiger partial charge in [0, 0.05) is 25.2 Å². The summed E-state index contributed by atoms with van der Waals surface area (Å²) < 4.78 is 5.58. The minimum absolute atomic E-state index is 0.117. The van der Waals surface area contributed by atoms with Crippen LogP contribution in [0.2, 0.25) is 0 Å². The molecule has 5 heteroatoms. The van der Waals surface area contributed by atoms with Gasteiger partial charge in [-0.25, -0.2) is 0 Å². The van der Waals surface area contributed by atoms with Gasteiger partial charge < -0.3 is 14.5 Å². The summed E-state index contributed by atoms with van der Waals surface area (Å²) in [6.07, 6.45) is 2.49. The molecule has 2 aliphatic rings. The average Bonchev–Trinajstić information content (AvgIpc) is 2.59. The monoisotopic (exact) mass is 345 g/mol. The Morgan fingerprint density at radius 2 is 1.84 bits per heavy atom. The van der Waals surface area contributed by atoms with Gasteiger partial charge in [0.25, 0.3) is 0 Å². The van der Waals surface area contributed by atoms with Gasteiger partial charge in [0.1, 0.15) is 6.61 Å². The van der Waals surface area contributed by atoms with Crippen molar-refractivity contribution < 1.29 is 9.53 Å². The van der Waals surface area contributed by atoms with E-state index < -0.39 is 0 Å². The van der Waals surface area contributed by atoms with E-state index in [9.17, 15) is 4.79 Å². The molecular formula is C20H31N3O2. The SMILES string of the molecule is CCN(C1CCN(C)CC1)C1CN(C(=O)COCc2ccccc2)C1. The van der Waals surface area contributed by atoms with E-state index in [0.29, 0.717) is 18.7 Å². The first-order valence-electron chi connectivity index (χ1n) is 9.51. The summed E-state index contributed by atoms with van der Waals surface area (Å²) in [6.45, 7) is 8.08. The van der Waals surface area contributed by atoms with Crippen molar-refractivity contribution >= 4 is 5.91 Å². The van der Waals surface area contributed by atoms with E-state index in [1.807, 2.05) is 35.2 Å². The number of rotatable bonds is 7. The summed E-state index contributed by atoms with van der Waals surface area (Å²) in [5.74, 6) is 0.117. The number of carbonyl (C=O) groups excluding carboxylic acids is 1. The first-order valence-corrected chi connectivity index (χ1v) is 9.51. The highest BCUT2D eigenvalue weighted by atomic mass is 16.5. The third-order valence-corrected chi connectivity index (χ3v) is 5.54. The van der Waals surface area contributed by atoms with Crippen LogP contribution in [0.25, 0.3) is 0 Å². The van der Waals surface area contributed by atoms with Crippen LogP contribution in [0, 0.1) is 0 Å². The Morgan fingerprint density at radius 1 is 1.16 bits per heavy atom. The lowest BCUT2D eigenvalue weighted by Gasteiger charge is -2.49. The van der Waals surface area contributed by atoms with Gasteiger partial charge in [-0.3, -0.25) is 9.69 Å². The number of ether oxygens (including phenoxy) is 1. The zero-order valence-corrected chi connectivity index (χ0v) is 15.6. The second-order valence-corrected chi connectivity index (χ2v) is 7.30. The van der Waals surface area contributed by atoms with Crippen LogP contribution >= 0.6 is 0 Å². The molecule has 3 rings (SSSR count). The van der Waals surface area contributed by atoms with Crippen LogP contribution in [-0.4, -0.2) is 79.1 Å². The van der Waals surface area contributed by atoms with Gasteiger partial charge in [0.15, 0.2) is 0 Å². The number of amides is 1. The summed E-state index contributed by atoms with van der Waals surface area (Å²) in [5.41, 5.74) is 1.11. The Kier molecular flexibility index (Phi) is 6.45. The molecule has 138 valence electrons. The Morgan fingerprint density at radius 3 is 2.48 bits per heavy atom. The van der Waals surface area contributed by atoms with E-state index in [1.165, 1.54) is 25.9 Å². The van der Waals surface area contributed by atoms with Gasteiger partial charge in [-0.2, -0.15) is 0 Å². The molecule has 1 aromatic carbocycles. The second-order valence-electron chi connectivity index (χ2n) is 7.30. The smallest absolute Gasteiger partial charge is 0.248 e. The van der Waals surface area contributed by atoms with E-state index in [0.717, 1.165) is 25.2 Å². The Labute approximate surface area is 151 Å². The van der Waals surface area contributed by atoms with Crippen molar-refractivity contribution in [3.8, 4) is 0 Å². The van der Waals surface area contributed by atoms with Crippen LogP contribution in [0.5, 0.6) is 0 Å². The van der Waals surface area contributed by atoms with E-state index in [-0.39, 0.29) is 12.5 Å². The normalized spacial score (nSPS) is 20.0. The maximum atomic E-state index is 12.3. The molecule has 0 atom stereocenters. The molecule has 1 amide bonds. The van der Waals surface area contributed by atoms with Gasteiger partial charge in [-0.15, -0.1) is 0 Å². The quantitative estimate of drug-likeness (QED) is 0.755. The first kappa shape index (κ1) is 18.4. The lowest BCUT2D eigenvalue weighted by molar-refractivity contribution is -0.145. The molecule has 0 saturated carbocycles. The summed E-state index contributed by atoms with van der Waals surface area (Å²) in [5, 5.41) is 0. The molecule has 5 nitrogen and oxygen atoms in total. The fraction of sp³-hybridized carbons (Fsp3) is 0.650. The molecule has 0 N–H and O–H groups in total. The lowest BCUT2D eigenvalue weighted by atomic mass is 9.98. The van der Waals surface area contributed by atoms with Crippen molar-refractivity contribution in [1.82, 2.24) is 14.7 Å². The average molecular weight is 345 g/mol. The number of likely N-dealkylation sites (N-methyl/N-ethyl adjacent to an activating group) is 1. The van der Waals surface area contributed by atoms with E-state index in [1.54, 1.807) is 0 Å². The van der Waals surface area contributed by atoms with Crippen LogP contribution in [-0.2, 0) is 16.1 Å². The van der Waals surface area contributed by atoms with Gasteiger partial charge in [0.05, 0.1) is 6.61 Å². The fourth-order valence-corrected chi connectivity index (χ4v) is 3.93. The fourth-order valence-electron chi connectivity index (χ4n) is 3.93. The third-order valence-electron chi connectivity index (χ3n) is 5.54. The summed E-state index contributed by atoms with van der Waals surface area (Å²) in [7, 11) is 2.20. The van der Waals surface area contributed by atoms with Gasteiger partial charge in [0.2, 0.25) is 5.91 Å². The molecule has 0 unspecified atom stereocenters. The third kappa shape index (κ3) is 4.81. The van der Waals surface area contributed by atoms with Gasteiger partial charge in [-0.1, -0.05) is 37.3 Å². The molecule has 25 heavy (non-hydrogen) atoms. The standard InChI is InChI=1S/C20H31N3O2/c1-3-23(18-9-11-21(2)12-10-18)19-13-22(14-19)20(24)16-25-15-17-7-5-4-6-8-17/h4-8,18-19H,3,9-16H2,1-2H3. The van der Waals surface area contributed by atoms with Crippen LogP contribution < -0.4 is 0 Å². The van der Waals surface area contributed by atoms with Crippen LogP contribution in [0.3, 0.4) is 0 Å². The Hall–Kier alpha value is -1.43. The maximum absolute atomic E-state index is 12.3. The Bertz CT molecular complexity index is 537. The van der Waals surface area contributed by atoms with Gasteiger partial charge >= 0.3 is 0 Å². The zero-order valence-electron chi connectivity index (χ0n) is 15.6. The highest BCUT2D eigenvalue weighted by Gasteiger charge is 2.37. The topological polar surface area (TPSA) is 36.0 Å². The largest absolute Gasteiger partial charge is 0.367 e. The molecule has 0 bridgehead atoms. The Balaban J connectivity index is 1.38. The molecule has 1 aromatic rings. The highest BCUT2D eigenvalue weighted by Crippen LogP contribution is 2.23. The van der Waals surface area contributed by atoms with E-state index in [4.69, 9.17) is 4.74 Å². The van der Waals surface area contributed by atoms with Crippen molar-refractivity contribution in [3.05, 3.63) is 35.9 Å². The summed E-state index contributed by atoms with van der Waals surface area (Å²) >= 11 is 0. The molecule has 2 saturated heterocycles. The molecule has 2 aliphatic heterocycles. The zero-order chi connectivity index (χ0) is 17.6. The molecule has 0 spiro atoms. The van der Waals surface area contributed by atoms with Crippen LogP contribution in [0.15, 0.2) is 30.3 Å². The molecule has 2 fully saturated rings. The maximum Gasteiger partial charge on any atom is 0.248 e. The summed E-state index contributed by atoms with van der Waals surface area (Å²) in [4.78, 5) is 19.2. The van der Waals surface area contributed by atoms with Crippen LogP contribution in [0.4, 0.5) is 0 Å². The number of hydrogen-bond acceptors (Lipinski definition) is 4. The number of carbonyl (C=O) groups is 1. The minimum atomic E-state index is 0.117. The van der Waals surface area contributed by atoms with Crippen molar-refractivity contribution in [2.75, 3.05) is 46.4 Å². The molecular weight excluding hydrogens is 314 g/mol. The molecule has 2 heterocycles. The van der Waals surface area contributed by atoms with E-state index in [2.05, 4.69) is 23.8 Å². The number of nitrogens with zero attached hydrogens (tertiary/aromatic N) is 3. The predicted molar refractivity (Wildman–Crippen MR) is 99.4 cm³/mol. The van der Waals surface area contributed by atoms with Crippen molar-refractivity contribution in [1.29, 1.82) is 0 Å². The number of hydrogen-bond donors (Lipinski definition) is 0. The molecule has 0 radical (unpaired) electrons. The van der Waals surface area contributed by atoms with E-state index >= 15 is 0 Å².